The van der Waals surface area contributed by atoms with Crippen LogP contribution in [-0.4, -0.2) is 29.9 Å². The molecule has 0 aliphatic heterocycles. The van der Waals surface area contributed by atoms with Crippen molar-refractivity contribution in [2.24, 2.45) is 0 Å². The van der Waals surface area contributed by atoms with Gasteiger partial charge in [0.15, 0.2) is 0 Å². The predicted octanol–water partition coefficient (Wildman–Crippen LogP) is 18.5. The first-order valence-electron chi connectivity index (χ1n) is 24.2. The SMILES string of the molecule is [Cl][Ru]([Cl])[Cl].c1ccc(-c2ccnc(-c3ccccn3)c2-c2ccccc2)cc1.c1ccc(-c2ccnc(-c3ccccn3)c2-c2ccccc2)cc1.c1ccc(-c2ccnc(-c3ccccn3)c2-c2ccccc2)cc1. The van der Waals surface area contributed by atoms with Gasteiger partial charge in [0.1, 0.15) is 0 Å². The summed E-state index contributed by atoms with van der Waals surface area (Å²) in [6.45, 7) is 0. The summed E-state index contributed by atoms with van der Waals surface area (Å²) >= 11 is -1.75. The Kier molecular flexibility index (Phi) is 18.9. The number of hydrogen-bond donors (Lipinski definition) is 0. The Morgan fingerprint density at radius 3 is 0.632 bits per heavy atom. The molecule has 0 saturated heterocycles. The summed E-state index contributed by atoms with van der Waals surface area (Å²) in [7, 11) is 14.8. The largest absolute Gasteiger partial charge is 0.255 e. The van der Waals surface area contributed by atoms with Gasteiger partial charge in [0.25, 0.3) is 0 Å². The predicted molar refractivity (Wildman–Crippen MR) is 313 cm³/mol. The fourth-order valence-electron chi connectivity index (χ4n) is 8.74. The molecule has 6 aromatic carbocycles. The molecule has 6 nitrogen and oxygen atoms in total. The van der Waals surface area contributed by atoms with E-state index in [4.69, 9.17) is 29.1 Å². The van der Waals surface area contributed by atoms with Gasteiger partial charge in [0.05, 0.1) is 34.2 Å². The monoisotopic (exact) mass is 1130 g/mol. The van der Waals surface area contributed by atoms with Crippen molar-refractivity contribution in [1.82, 2.24) is 29.9 Å². The molecule has 0 amide bonds. The smallest absolute Gasteiger partial charge is 0.0970 e. The third kappa shape index (κ3) is 13.7. The number of halogens is 3. The molecule has 0 fully saturated rings. The maximum absolute atomic E-state index is 4.95. The van der Waals surface area contributed by atoms with Crippen LogP contribution < -0.4 is 0 Å². The van der Waals surface area contributed by atoms with E-state index in [-0.39, 0.29) is 0 Å². The van der Waals surface area contributed by atoms with Crippen LogP contribution in [0.25, 0.3) is 101 Å². The van der Waals surface area contributed by atoms with E-state index in [0.29, 0.717) is 0 Å². The van der Waals surface area contributed by atoms with Crippen LogP contribution in [-0.2, 0) is 13.0 Å². The Morgan fingerprint density at radius 2 is 0.421 bits per heavy atom. The molecule has 76 heavy (non-hydrogen) atoms. The normalized spacial score (nSPS) is 10.5. The van der Waals surface area contributed by atoms with Crippen molar-refractivity contribution in [1.29, 1.82) is 0 Å². The Hall–Kier alpha value is -8.29. The zero-order valence-corrected chi connectivity index (χ0v) is 44.9. The molecule has 6 heterocycles. The summed E-state index contributed by atoms with van der Waals surface area (Å²) in [6, 6.07) is 86.4. The molecule has 371 valence electrons. The number of aromatic nitrogens is 6. The minimum Gasteiger partial charge on any atom is -0.255 e. The van der Waals surface area contributed by atoms with Gasteiger partial charge in [-0.05, 0) is 105 Å². The standard InChI is InChI=1S/3C22H16N2.3ClH.Ru/c3*1-3-9-17(10-4-1)19-14-16-24-22(20-13-7-8-15-23-20)21(19)18-11-5-2-6-12-18;;;;/h3*1-16H;3*1H;/q;;;;;;+3/p-3. The third-order valence-electron chi connectivity index (χ3n) is 12.0. The first-order valence-corrected chi connectivity index (χ1v) is 31.0. The Bertz CT molecular complexity index is 3090. The van der Waals surface area contributed by atoms with E-state index in [2.05, 4.69) is 194 Å². The van der Waals surface area contributed by atoms with Gasteiger partial charge in [-0.15, -0.1) is 0 Å². The van der Waals surface area contributed by atoms with Crippen molar-refractivity contribution in [3.8, 4) is 101 Å². The zero-order valence-electron chi connectivity index (χ0n) is 40.9. The maximum atomic E-state index is 4.95. The van der Waals surface area contributed by atoms with Crippen molar-refractivity contribution in [3.05, 3.63) is 292 Å². The van der Waals surface area contributed by atoms with Crippen LogP contribution >= 0.6 is 29.1 Å². The van der Waals surface area contributed by atoms with Crippen molar-refractivity contribution >= 4 is 29.1 Å². The summed E-state index contributed by atoms with van der Waals surface area (Å²) < 4.78 is 0. The fraction of sp³-hybridized carbons (Fsp3) is 0. The number of rotatable bonds is 9. The van der Waals surface area contributed by atoms with Gasteiger partial charge in [-0.1, -0.05) is 200 Å². The number of benzene rings is 6. The molecule has 0 aliphatic rings. The van der Waals surface area contributed by atoms with Gasteiger partial charge in [-0.3, -0.25) is 29.9 Å². The molecule has 6 aromatic heterocycles. The summed E-state index contributed by atoms with van der Waals surface area (Å²) in [4.78, 5) is 27.5. The summed E-state index contributed by atoms with van der Waals surface area (Å²) in [5.74, 6) is 0. The molecule has 12 aromatic rings. The molecular formula is C66H48Cl3N6Ru. The summed E-state index contributed by atoms with van der Waals surface area (Å²) in [5.41, 5.74) is 19.2. The average Bonchev–Trinajstić information content (AvgIpc) is 3.53. The fourth-order valence-corrected chi connectivity index (χ4v) is 8.74. The topological polar surface area (TPSA) is 77.3 Å². The van der Waals surface area contributed by atoms with Gasteiger partial charge >= 0.3 is 42.1 Å². The van der Waals surface area contributed by atoms with Gasteiger partial charge < -0.3 is 0 Å². The van der Waals surface area contributed by atoms with Crippen molar-refractivity contribution in [3.63, 3.8) is 0 Å². The molecule has 12 rings (SSSR count). The van der Waals surface area contributed by atoms with E-state index in [0.717, 1.165) is 84.2 Å². The Morgan fingerprint density at radius 1 is 0.211 bits per heavy atom. The molecule has 0 unspecified atom stereocenters. The van der Waals surface area contributed by atoms with Crippen LogP contribution in [0.2, 0.25) is 0 Å². The van der Waals surface area contributed by atoms with Crippen LogP contribution in [0, 0.1) is 0 Å². The van der Waals surface area contributed by atoms with Gasteiger partial charge in [0.2, 0.25) is 0 Å². The first-order chi connectivity index (χ1) is 37.5. The van der Waals surface area contributed by atoms with Crippen LogP contribution in [0.15, 0.2) is 292 Å². The second kappa shape index (κ2) is 27.3. The van der Waals surface area contributed by atoms with Crippen molar-refractivity contribution in [2.45, 2.75) is 0 Å². The van der Waals surface area contributed by atoms with Crippen LogP contribution in [0.5, 0.6) is 0 Å². The molecule has 0 N–H and O–H groups in total. The molecule has 0 saturated carbocycles. The second-order valence-electron chi connectivity index (χ2n) is 16.7. The minimum absolute atomic E-state index is 0.883. The molecule has 0 aliphatic carbocycles. The third-order valence-corrected chi connectivity index (χ3v) is 12.0. The minimum atomic E-state index is -1.75. The number of nitrogens with zero attached hydrogens (tertiary/aromatic N) is 6. The first kappa shape index (κ1) is 52.6. The van der Waals surface area contributed by atoms with Gasteiger partial charge in [0, 0.05) is 53.9 Å². The maximum Gasteiger partial charge on any atom is 0.0970 e. The molecule has 0 radical (unpaired) electrons. The van der Waals surface area contributed by atoms with Crippen molar-refractivity contribution in [2.75, 3.05) is 0 Å². The molecule has 10 heteroatoms. The van der Waals surface area contributed by atoms with E-state index in [1.165, 1.54) is 16.7 Å². The molecule has 0 bridgehead atoms. The van der Waals surface area contributed by atoms with Gasteiger partial charge in [-0.2, -0.15) is 0 Å². The van der Waals surface area contributed by atoms with Crippen molar-refractivity contribution < 1.29 is 13.0 Å². The van der Waals surface area contributed by atoms with Gasteiger partial charge in [-0.25, -0.2) is 0 Å². The Labute approximate surface area is 461 Å². The molecule has 0 spiro atoms. The second-order valence-corrected chi connectivity index (χ2v) is 24.7. The summed E-state index contributed by atoms with van der Waals surface area (Å²) in [6.07, 6.45) is 11.0. The molecule has 0 atom stereocenters. The zero-order chi connectivity index (χ0) is 52.2. The van der Waals surface area contributed by atoms with E-state index < -0.39 is 13.0 Å². The summed E-state index contributed by atoms with van der Waals surface area (Å²) in [5, 5.41) is 0. The van der Waals surface area contributed by atoms with E-state index >= 15 is 0 Å². The Balaban J connectivity index is 0.000000134. The number of hydrogen-bond acceptors (Lipinski definition) is 6. The van der Waals surface area contributed by atoms with Crippen LogP contribution in [0.3, 0.4) is 0 Å². The quantitative estimate of drug-likeness (QED) is 0.134. The van der Waals surface area contributed by atoms with E-state index in [1.807, 2.05) is 110 Å². The van der Waals surface area contributed by atoms with Crippen LogP contribution in [0.4, 0.5) is 0 Å². The van der Waals surface area contributed by atoms with E-state index in [1.54, 1.807) is 18.6 Å². The van der Waals surface area contributed by atoms with Crippen LogP contribution in [0.1, 0.15) is 0 Å². The molecular weight excluding hydrogens is 1080 g/mol. The number of pyridine rings is 6. The van der Waals surface area contributed by atoms with E-state index in [9.17, 15) is 0 Å². The average molecular weight is 1130 g/mol.